The lowest BCUT2D eigenvalue weighted by Crippen LogP contribution is -2.26. The molecule has 0 aliphatic heterocycles. The molecule has 1 spiro atoms. The van der Waals surface area contributed by atoms with E-state index in [1.54, 1.807) is 25.7 Å². The van der Waals surface area contributed by atoms with Crippen LogP contribution >= 0.6 is 0 Å². The van der Waals surface area contributed by atoms with E-state index in [1.807, 2.05) is 0 Å². The van der Waals surface area contributed by atoms with Gasteiger partial charge in [-0.25, -0.2) is 0 Å². The highest BCUT2D eigenvalue weighted by molar-refractivity contribution is 4.95. The lowest BCUT2D eigenvalue weighted by Gasteiger charge is -2.39. The monoisotopic (exact) mass is 180 g/mol. The Bertz CT molecular complexity index is 181. The van der Waals surface area contributed by atoms with E-state index >= 15 is 0 Å². The van der Waals surface area contributed by atoms with E-state index in [0.717, 1.165) is 11.3 Å². The molecule has 76 valence electrons. The molecule has 0 aromatic rings. The SMILES string of the molecule is CC(C)(C)CC1CCC2(CCC2)C1. The van der Waals surface area contributed by atoms with Crippen LogP contribution in [0.5, 0.6) is 0 Å². The Morgan fingerprint density at radius 1 is 1.15 bits per heavy atom. The summed E-state index contributed by atoms with van der Waals surface area (Å²) < 4.78 is 0. The first kappa shape index (κ1) is 9.55. The molecule has 0 bridgehead atoms. The van der Waals surface area contributed by atoms with E-state index in [4.69, 9.17) is 0 Å². The topological polar surface area (TPSA) is 0 Å². The van der Waals surface area contributed by atoms with Gasteiger partial charge in [0.25, 0.3) is 0 Å². The van der Waals surface area contributed by atoms with Crippen molar-refractivity contribution >= 4 is 0 Å². The Labute approximate surface area is 83.1 Å². The van der Waals surface area contributed by atoms with Crippen molar-refractivity contribution in [2.24, 2.45) is 16.7 Å². The van der Waals surface area contributed by atoms with Crippen LogP contribution in [0, 0.1) is 16.7 Å². The first-order chi connectivity index (χ1) is 5.99. The summed E-state index contributed by atoms with van der Waals surface area (Å²) in [6.45, 7) is 7.16. The van der Waals surface area contributed by atoms with Crippen LogP contribution < -0.4 is 0 Å². The molecule has 13 heavy (non-hydrogen) atoms. The third-order valence-electron chi connectivity index (χ3n) is 4.12. The molecule has 0 saturated heterocycles. The maximum atomic E-state index is 2.39. The molecule has 0 heterocycles. The summed E-state index contributed by atoms with van der Waals surface area (Å²) in [4.78, 5) is 0. The first-order valence-corrected chi connectivity index (χ1v) is 5.99. The molecule has 2 rings (SSSR count). The minimum atomic E-state index is 0.555. The van der Waals surface area contributed by atoms with Crippen molar-refractivity contribution in [3.05, 3.63) is 0 Å². The van der Waals surface area contributed by atoms with Crippen LogP contribution in [-0.4, -0.2) is 0 Å². The largest absolute Gasteiger partial charge is 0.0602 e. The highest BCUT2D eigenvalue weighted by atomic mass is 14.5. The molecule has 0 heteroatoms. The molecule has 2 aliphatic rings. The minimum absolute atomic E-state index is 0.555. The van der Waals surface area contributed by atoms with E-state index in [0.29, 0.717) is 5.41 Å². The zero-order valence-corrected chi connectivity index (χ0v) is 9.53. The van der Waals surface area contributed by atoms with Gasteiger partial charge < -0.3 is 0 Å². The Kier molecular flexibility index (Phi) is 2.20. The van der Waals surface area contributed by atoms with Crippen LogP contribution in [-0.2, 0) is 0 Å². The quantitative estimate of drug-likeness (QED) is 0.561. The summed E-state index contributed by atoms with van der Waals surface area (Å²) in [6.07, 6.45) is 10.7. The Morgan fingerprint density at radius 3 is 2.23 bits per heavy atom. The van der Waals surface area contributed by atoms with Gasteiger partial charge in [0.2, 0.25) is 0 Å². The van der Waals surface area contributed by atoms with Crippen LogP contribution in [0.1, 0.15) is 65.7 Å². The summed E-state index contributed by atoms with van der Waals surface area (Å²) in [5.41, 5.74) is 1.41. The van der Waals surface area contributed by atoms with E-state index < -0.39 is 0 Å². The van der Waals surface area contributed by atoms with Gasteiger partial charge in [-0.05, 0) is 55.3 Å². The molecule has 2 aliphatic carbocycles. The average molecular weight is 180 g/mol. The molecule has 1 atom stereocenters. The van der Waals surface area contributed by atoms with E-state index in [9.17, 15) is 0 Å². The van der Waals surface area contributed by atoms with Crippen molar-refractivity contribution < 1.29 is 0 Å². The summed E-state index contributed by atoms with van der Waals surface area (Å²) in [6, 6.07) is 0. The van der Waals surface area contributed by atoms with E-state index in [1.165, 1.54) is 19.3 Å². The number of hydrogen-bond donors (Lipinski definition) is 0. The number of rotatable bonds is 1. The van der Waals surface area contributed by atoms with Crippen molar-refractivity contribution in [1.29, 1.82) is 0 Å². The summed E-state index contributed by atoms with van der Waals surface area (Å²) in [5, 5.41) is 0. The predicted octanol–water partition coefficient (Wildman–Crippen LogP) is 4.39. The molecule has 0 nitrogen and oxygen atoms in total. The van der Waals surface area contributed by atoms with Crippen LogP contribution in [0.2, 0.25) is 0 Å². The van der Waals surface area contributed by atoms with Crippen molar-refractivity contribution in [3.63, 3.8) is 0 Å². The van der Waals surface area contributed by atoms with Gasteiger partial charge in [-0.3, -0.25) is 0 Å². The molecular formula is C13H24. The summed E-state index contributed by atoms with van der Waals surface area (Å²) >= 11 is 0. The second kappa shape index (κ2) is 3.00. The lowest BCUT2D eigenvalue weighted by molar-refractivity contribution is 0.131. The molecular weight excluding hydrogens is 156 g/mol. The Hall–Kier alpha value is 0. The second-order valence-electron chi connectivity index (χ2n) is 6.73. The Balaban J connectivity index is 1.84. The standard InChI is InChI=1S/C13H24/c1-12(2,3)9-11-5-8-13(10-11)6-4-7-13/h11H,4-10H2,1-3H3. The second-order valence-corrected chi connectivity index (χ2v) is 6.73. The van der Waals surface area contributed by atoms with Crippen LogP contribution in [0.15, 0.2) is 0 Å². The fourth-order valence-corrected chi connectivity index (χ4v) is 3.50. The highest BCUT2D eigenvalue weighted by Crippen LogP contribution is 2.56. The maximum absolute atomic E-state index is 2.39. The molecule has 0 amide bonds. The zero-order valence-electron chi connectivity index (χ0n) is 9.53. The molecule has 2 saturated carbocycles. The van der Waals surface area contributed by atoms with E-state index in [-0.39, 0.29) is 0 Å². The lowest BCUT2D eigenvalue weighted by atomic mass is 9.67. The smallest absolute Gasteiger partial charge is 0.0295 e. The third-order valence-corrected chi connectivity index (χ3v) is 4.12. The van der Waals surface area contributed by atoms with Crippen molar-refractivity contribution in [1.82, 2.24) is 0 Å². The van der Waals surface area contributed by atoms with Gasteiger partial charge in [0, 0.05) is 0 Å². The normalized spacial score (nSPS) is 32.1. The molecule has 1 unspecified atom stereocenters. The van der Waals surface area contributed by atoms with Crippen LogP contribution in [0.25, 0.3) is 0 Å². The van der Waals surface area contributed by atoms with Crippen molar-refractivity contribution in [2.45, 2.75) is 65.7 Å². The van der Waals surface area contributed by atoms with Crippen LogP contribution in [0.4, 0.5) is 0 Å². The average Bonchev–Trinajstić information content (AvgIpc) is 2.26. The predicted molar refractivity (Wildman–Crippen MR) is 57.7 cm³/mol. The van der Waals surface area contributed by atoms with Gasteiger partial charge in [-0.1, -0.05) is 27.2 Å². The fraction of sp³-hybridized carbons (Fsp3) is 1.00. The molecule has 0 N–H and O–H groups in total. The first-order valence-electron chi connectivity index (χ1n) is 5.99. The van der Waals surface area contributed by atoms with Crippen LogP contribution in [0.3, 0.4) is 0 Å². The van der Waals surface area contributed by atoms with Gasteiger partial charge >= 0.3 is 0 Å². The summed E-state index contributed by atoms with van der Waals surface area (Å²) in [7, 11) is 0. The maximum Gasteiger partial charge on any atom is -0.0295 e. The number of hydrogen-bond acceptors (Lipinski definition) is 0. The summed E-state index contributed by atoms with van der Waals surface area (Å²) in [5.74, 6) is 1.06. The fourth-order valence-electron chi connectivity index (χ4n) is 3.50. The van der Waals surface area contributed by atoms with Gasteiger partial charge in [-0.2, -0.15) is 0 Å². The van der Waals surface area contributed by atoms with Crippen molar-refractivity contribution in [2.75, 3.05) is 0 Å². The molecule has 0 aromatic carbocycles. The molecule has 2 fully saturated rings. The third kappa shape index (κ3) is 2.08. The zero-order chi connectivity index (χ0) is 9.53. The highest BCUT2D eigenvalue weighted by Gasteiger charge is 2.43. The van der Waals surface area contributed by atoms with E-state index in [2.05, 4.69) is 20.8 Å². The molecule has 0 radical (unpaired) electrons. The molecule has 0 aromatic heterocycles. The van der Waals surface area contributed by atoms with Gasteiger partial charge in [0.15, 0.2) is 0 Å². The Morgan fingerprint density at radius 2 is 1.85 bits per heavy atom. The minimum Gasteiger partial charge on any atom is -0.0602 e. The van der Waals surface area contributed by atoms with Gasteiger partial charge in [-0.15, -0.1) is 0 Å². The van der Waals surface area contributed by atoms with Gasteiger partial charge in [0.05, 0.1) is 0 Å². The van der Waals surface area contributed by atoms with Crippen molar-refractivity contribution in [3.8, 4) is 0 Å². The van der Waals surface area contributed by atoms with Gasteiger partial charge in [0.1, 0.15) is 0 Å².